The van der Waals surface area contributed by atoms with E-state index in [0.29, 0.717) is 10.6 Å². The quantitative estimate of drug-likeness (QED) is 0.821. The summed E-state index contributed by atoms with van der Waals surface area (Å²) in [7, 11) is 0. The summed E-state index contributed by atoms with van der Waals surface area (Å²) in [5, 5.41) is 15.9. The average Bonchev–Trinajstić information content (AvgIpc) is 2.98. The number of aryl methyl sites for hydroxylation is 2. The first-order valence-corrected chi connectivity index (χ1v) is 9.97. The Kier molecular flexibility index (Phi) is 5.92. The largest absolute Gasteiger partial charge is 0.349 e. The number of hydrogen-bond acceptors (Lipinski definition) is 4. The van der Waals surface area contributed by atoms with Crippen LogP contribution in [0.15, 0.2) is 24.3 Å². The number of rotatable bonds is 5. The maximum absolute atomic E-state index is 12.7. The number of anilines is 1. The number of carbonyl (C=O) groups is 2. The van der Waals surface area contributed by atoms with Crippen LogP contribution in [-0.4, -0.2) is 11.8 Å². The fraction of sp³-hybridized carbons (Fsp3) is 0.381. The van der Waals surface area contributed by atoms with E-state index in [1.54, 1.807) is 0 Å². The van der Waals surface area contributed by atoms with Gasteiger partial charge in [-0.05, 0) is 43.7 Å². The molecule has 1 heterocycles. The van der Waals surface area contributed by atoms with Crippen LogP contribution in [0.2, 0.25) is 0 Å². The summed E-state index contributed by atoms with van der Waals surface area (Å²) >= 11 is 1.51. The van der Waals surface area contributed by atoms with Crippen LogP contribution in [0.4, 0.5) is 5.00 Å². The zero-order valence-corrected chi connectivity index (χ0v) is 16.4. The molecule has 27 heavy (non-hydrogen) atoms. The monoisotopic (exact) mass is 381 g/mol. The highest BCUT2D eigenvalue weighted by Crippen LogP contribution is 2.37. The molecule has 2 N–H and O–H groups in total. The lowest BCUT2D eigenvalue weighted by Gasteiger charge is -2.18. The van der Waals surface area contributed by atoms with Crippen LogP contribution in [0.1, 0.15) is 59.4 Å². The van der Waals surface area contributed by atoms with Gasteiger partial charge in [-0.2, -0.15) is 5.26 Å². The molecule has 0 aliphatic heterocycles. The maximum atomic E-state index is 12.7. The van der Waals surface area contributed by atoms with Crippen molar-refractivity contribution in [1.29, 1.82) is 5.26 Å². The van der Waals surface area contributed by atoms with Crippen molar-refractivity contribution in [2.45, 2.75) is 52.0 Å². The molecule has 0 spiro atoms. The number of nitriles is 1. The second-order valence-corrected chi connectivity index (χ2v) is 8.05. The number of carbonyl (C=O) groups excluding carboxylic acids is 2. The van der Waals surface area contributed by atoms with Gasteiger partial charge >= 0.3 is 0 Å². The molecule has 1 aromatic carbocycles. The minimum atomic E-state index is -0.400. The van der Waals surface area contributed by atoms with Crippen molar-refractivity contribution in [2.24, 2.45) is 0 Å². The molecule has 140 valence electrons. The van der Waals surface area contributed by atoms with E-state index in [4.69, 9.17) is 0 Å². The van der Waals surface area contributed by atoms with Crippen molar-refractivity contribution in [3.05, 3.63) is 51.4 Å². The van der Waals surface area contributed by atoms with E-state index in [9.17, 15) is 14.9 Å². The van der Waals surface area contributed by atoms with Crippen molar-refractivity contribution >= 4 is 28.2 Å². The molecule has 0 saturated heterocycles. The molecule has 5 nitrogen and oxygen atoms in total. The van der Waals surface area contributed by atoms with Gasteiger partial charge in [0.25, 0.3) is 0 Å². The lowest BCUT2D eigenvalue weighted by molar-refractivity contribution is -0.120. The van der Waals surface area contributed by atoms with Crippen LogP contribution in [0.5, 0.6) is 0 Å². The van der Waals surface area contributed by atoms with E-state index in [2.05, 4.69) is 16.7 Å². The highest BCUT2D eigenvalue weighted by Gasteiger charge is 2.23. The first-order chi connectivity index (χ1) is 13.0. The van der Waals surface area contributed by atoms with Gasteiger partial charge in [-0.15, -0.1) is 11.3 Å². The van der Waals surface area contributed by atoms with E-state index in [0.717, 1.165) is 42.4 Å². The molecule has 6 heteroatoms. The predicted molar refractivity (Wildman–Crippen MR) is 107 cm³/mol. The highest BCUT2D eigenvalue weighted by molar-refractivity contribution is 7.16. The molecular formula is C21H23N3O2S. The van der Waals surface area contributed by atoms with Crippen molar-refractivity contribution in [3.63, 3.8) is 0 Å². The van der Waals surface area contributed by atoms with Gasteiger partial charge in [0.2, 0.25) is 11.8 Å². The lowest BCUT2D eigenvalue weighted by Crippen LogP contribution is -2.29. The number of amides is 2. The van der Waals surface area contributed by atoms with Gasteiger partial charge in [-0.3, -0.25) is 9.59 Å². The van der Waals surface area contributed by atoms with E-state index in [-0.39, 0.29) is 18.2 Å². The van der Waals surface area contributed by atoms with Crippen LogP contribution in [0.3, 0.4) is 0 Å². The van der Waals surface area contributed by atoms with Crippen molar-refractivity contribution in [3.8, 4) is 6.07 Å². The van der Waals surface area contributed by atoms with Crippen molar-refractivity contribution < 1.29 is 9.59 Å². The first kappa shape index (κ1) is 19.1. The van der Waals surface area contributed by atoms with E-state index >= 15 is 0 Å². The fourth-order valence-electron chi connectivity index (χ4n) is 3.43. The van der Waals surface area contributed by atoms with Gasteiger partial charge < -0.3 is 10.6 Å². The third-order valence-electron chi connectivity index (χ3n) is 4.78. The minimum absolute atomic E-state index is 0.121. The number of hydrogen-bond donors (Lipinski definition) is 2. The summed E-state index contributed by atoms with van der Waals surface area (Å²) in [4.78, 5) is 25.5. The molecule has 0 fully saturated rings. The summed E-state index contributed by atoms with van der Waals surface area (Å²) in [6, 6.07) is 9.63. The molecule has 0 bridgehead atoms. The second kappa shape index (κ2) is 8.36. The standard InChI is InChI=1S/C21H23N3O2S/c1-13-7-9-15(10-8-13)18(23-14(2)25)11-20(26)24-21-17(12-22)16-5-3-4-6-19(16)27-21/h7-10,18H,3-6,11H2,1-2H3,(H,23,25)(H,24,26). The highest BCUT2D eigenvalue weighted by atomic mass is 32.1. The third-order valence-corrected chi connectivity index (χ3v) is 5.99. The number of nitrogens with one attached hydrogen (secondary N) is 2. The Hall–Kier alpha value is -2.65. The average molecular weight is 382 g/mol. The third kappa shape index (κ3) is 4.55. The van der Waals surface area contributed by atoms with Gasteiger partial charge in [0.1, 0.15) is 11.1 Å². The number of nitrogens with zero attached hydrogens (tertiary/aromatic N) is 1. The van der Waals surface area contributed by atoms with Gasteiger partial charge in [-0.25, -0.2) is 0 Å². The molecule has 1 aromatic heterocycles. The normalized spacial score (nSPS) is 14.0. The molecular weight excluding hydrogens is 358 g/mol. The topological polar surface area (TPSA) is 82.0 Å². The summed E-state index contributed by atoms with van der Waals surface area (Å²) in [5.41, 5.74) is 3.71. The SMILES string of the molecule is CC(=O)NC(CC(=O)Nc1sc2c(c1C#N)CCCC2)c1ccc(C)cc1. The second-order valence-electron chi connectivity index (χ2n) is 6.94. The molecule has 0 radical (unpaired) electrons. The van der Waals surface area contributed by atoms with Gasteiger partial charge in [0, 0.05) is 11.8 Å². The van der Waals surface area contributed by atoms with Crippen molar-refractivity contribution in [1.82, 2.24) is 5.32 Å². The first-order valence-electron chi connectivity index (χ1n) is 9.16. The van der Waals surface area contributed by atoms with Crippen LogP contribution in [0, 0.1) is 18.3 Å². The minimum Gasteiger partial charge on any atom is -0.349 e. The number of fused-ring (bicyclic) bond motifs is 1. The van der Waals surface area contributed by atoms with E-state index in [1.807, 2.05) is 31.2 Å². The van der Waals surface area contributed by atoms with Gasteiger partial charge in [-0.1, -0.05) is 29.8 Å². The summed E-state index contributed by atoms with van der Waals surface area (Å²) in [5.74, 6) is -0.387. The van der Waals surface area contributed by atoms with Gasteiger partial charge in [0.05, 0.1) is 18.0 Å². The van der Waals surface area contributed by atoms with E-state index < -0.39 is 6.04 Å². The summed E-state index contributed by atoms with van der Waals surface area (Å²) < 4.78 is 0. The van der Waals surface area contributed by atoms with Crippen LogP contribution >= 0.6 is 11.3 Å². The molecule has 1 unspecified atom stereocenters. The predicted octanol–water partition coefficient (Wildman–Crippen LogP) is 4.01. The van der Waals surface area contributed by atoms with E-state index in [1.165, 1.54) is 23.1 Å². The molecule has 1 aliphatic carbocycles. The molecule has 2 amide bonds. The van der Waals surface area contributed by atoms with Crippen molar-refractivity contribution in [2.75, 3.05) is 5.32 Å². The van der Waals surface area contributed by atoms with Gasteiger partial charge in [0.15, 0.2) is 0 Å². The maximum Gasteiger partial charge on any atom is 0.227 e. The number of benzene rings is 1. The Balaban J connectivity index is 1.76. The smallest absolute Gasteiger partial charge is 0.227 e. The Morgan fingerprint density at radius 2 is 1.93 bits per heavy atom. The molecule has 0 saturated carbocycles. The fourth-order valence-corrected chi connectivity index (χ4v) is 4.69. The molecule has 1 atom stereocenters. The molecule has 2 aromatic rings. The Bertz CT molecular complexity index is 893. The summed E-state index contributed by atoms with van der Waals surface area (Å²) in [6.45, 7) is 3.44. The van der Waals surface area contributed by atoms with Crippen LogP contribution < -0.4 is 10.6 Å². The summed E-state index contributed by atoms with van der Waals surface area (Å²) in [6.07, 6.45) is 4.22. The number of thiophene rings is 1. The zero-order chi connectivity index (χ0) is 19.4. The Morgan fingerprint density at radius 1 is 1.22 bits per heavy atom. The zero-order valence-electron chi connectivity index (χ0n) is 15.6. The molecule has 1 aliphatic rings. The Morgan fingerprint density at radius 3 is 2.59 bits per heavy atom. The lowest BCUT2D eigenvalue weighted by atomic mass is 9.96. The molecule has 3 rings (SSSR count). The Labute approximate surface area is 163 Å². The van der Waals surface area contributed by atoms with Crippen LogP contribution in [0.25, 0.3) is 0 Å². The van der Waals surface area contributed by atoms with Crippen LogP contribution in [-0.2, 0) is 22.4 Å².